The van der Waals surface area contributed by atoms with Crippen molar-refractivity contribution in [3.05, 3.63) is 34.1 Å². The fourth-order valence-corrected chi connectivity index (χ4v) is 1.97. The predicted octanol–water partition coefficient (Wildman–Crippen LogP) is 1.93. The summed E-state index contributed by atoms with van der Waals surface area (Å²) in [6.45, 7) is 0.200. The summed E-state index contributed by atoms with van der Waals surface area (Å²) in [6, 6.07) is 4.58. The van der Waals surface area contributed by atoms with E-state index in [2.05, 4.69) is 21.2 Å². The van der Waals surface area contributed by atoms with Crippen molar-refractivity contribution in [1.82, 2.24) is 5.32 Å². The highest BCUT2D eigenvalue weighted by molar-refractivity contribution is 9.10. The van der Waals surface area contributed by atoms with Crippen molar-refractivity contribution < 1.29 is 19.1 Å². The van der Waals surface area contributed by atoms with Gasteiger partial charge in [-0.2, -0.15) is 0 Å². The van der Waals surface area contributed by atoms with Crippen molar-refractivity contribution in [3.8, 4) is 0 Å². The summed E-state index contributed by atoms with van der Waals surface area (Å²) in [5.74, 6) is -2.62. The van der Waals surface area contributed by atoms with E-state index in [0.717, 1.165) is 0 Å². The summed E-state index contributed by atoms with van der Waals surface area (Å²) in [4.78, 5) is 22.2. The average Bonchev–Trinajstić information content (AvgIpc) is 3.10. The first-order valence-corrected chi connectivity index (χ1v) is 6.23. The Balaban J connectivity index is 1.87. The van der Waals surface area contributed by atoms with Gasteiger partial charge in [0.2, 0.25) is 5.91 Å². The van der Waals surface area contributed by atoms with Crippen LogP contribution in [0.4, 0.5) is 4.39 Å². The molecule has 1 aliphatic carbocycles. The van der Waals surface area contributed by atoms with Crippen molar-refractivity contribution in [1.29, 1.82) is 0 Å². The molecule has 0 radical (unpaired) electrons. The van der Waals surface area contributed by atoms with Gasteiger partial charge in [0.15, 0.2) is 0 Å². The molecule has 1 fully saturated rings. The van der Waals surface area contributed by atoms with E-state index in [1.165, 1.54) is 6.07 Å². The molecule has 96 valence electrons. The predicted molar refractivity (Wildman–Crippen MR) is 65.2 cm³/mol. The van der Waals surface area contributed by atoms with Crippen molar-refractivity contribution in [2.75, 3.05) is 0 Å². The number of nitrogens with one attached hydrogen (secondary N) is 1. The Morgan fingerprint density at radius 3 is 2.72 bits per heavy atom. The molecule has 0 bridgehead atoms. The Morgan fingerprint density at radius 1 is 1.44 bits per heavy atom. The Morgan fingerprint density at radius 2 is 2.17 bits per heavy atom. The Hall–Kier alpha value is -1.43. The number of carbonyl (C=O) groups is 2. The number of carbonyl (C=O) groups excluding carboxylic acids is 1. The van der Waals surface area contributed by atoms with Crippen molar-refractivity contribution in [2.45, 2.75) is 13.0 Å². The lowest BCUT2D eigenvalue weighted by atomic mass is 10.2. The molecule has 2 atom stereocenters. The molecule has 0 saturated heterocycles. The number of carboxylic acid groups (broad SMARTS) is 1. The maximum absolute atomic E-state index is 13.2. The third-order valence-electron chi connectivity index (χ3n) is 2.90. The van der Waals surface area contributed by atoms with Crippen LogP contribution in [-0.2, 0) is 16.1 Å². The molecular weight excluding hydrogens is 305 g/mol. The van der Waals surface area contributed by atoms with Crippen LogP contribution in [0, 0.1) is 17.7 Å². The molecule has 4 nitrogen and oxygen atoms in total. The van der Waals surface area contributed by atoms with Crippen LogP contribution in [-0.4, -0.2) is 17.0 Å². The molecule has 1 aliphatic rings. The third-order valence-corrected chi connectivity index (χ3v) is 3.54. The zero-order valence-electron chi connectivity index (χ0n) is 9.32. The topological polar surface area (TPSA) is 66.4 Å². The minimum Gasteiger partial charge on any atom is -0.481 e. The zero-order chi connectivity index (χ0) is 13.3. The molecule has 0 heterocycles. The molecule has 18 heavy (non-hydrogen) atoms. The molecule has 2 N–H and O–H groups in total. The minimum atomic E-state index is -0.940. The van der Waals surface area contributed by atoms with Crippen LogP contribution < -0.4 is 5.32 Å². The maximum Gasteiger partial charge on any atom is 0.307 e. The fourth-order valence-electron chi connectivity index (χ4n) is 1.73. The highest BCUT2D eigenvalue weighted by Crippen LogP contribution is 2.38. The molecule has 1 saturated carbocycles. The van der Waals surface area contributed by atoms with Crippen molar-refractivity contribution in [3.63, 3.8) is 0 Å². The normalized spacial score (nSPS) is 21.4. The summed E-state index contributed by atoms with van der Waals surface area (Å²) in [5, 5.41) is 11.3. The molecule has 1 aromatic carbocycles. The third kappa shape index (κ3) is 2.87. The number of carboxylic acids is 1. The largest absolute Gasteiger partial charge is 0.481 e. The quantitative estimate of drug-likeness (QED) is 0.892. The van der Waals surface area contributed by atoms with Crippen LogP contribution in [0.1, 0.15) is 12.0 Å². The molecular formula is C12H11BrFNO3. The van der Waals surface area contributed by atoms with Gasteiger partial charge < -0.3 is 10.4 Å². The fraction of sp³-hybridized carbons (Fsp3) is 0.333. The summed E-state index contributed by atoms with van der Waals surface area (Å²) >= 11 is 3.04. The van der Waals surface area contributed by atoms with E-state index in [0.29, 0.717) is 16.5 Å². The number of hydrogen-bond donors (Lipinski definition) is 2. The van der Waals surface area contributed by atoms with Gasteiger partial charge in [-0.05, 0) is 40.0 Å². The molecule has 0 spiro atoms. The van der Waals surface area contributed by atoms with E-state index in [1.54, 1.807) is 12.1 Å². The summed E-state index contributed by atoms with van der Waals surface area (Å²) in [7, 11) is 0. The van der Waals surface area contributed by atoms with Gasteiger partial charge >= 0.3 is 5.97 Å². The van der Waals surface area contributed by atoms with Gasteiger partial charge in [-0.1, -0.05) is 6.07 Å². The number of halogens is 2. The van der Waals surface area contributed by atoms with Crippen LogP contribution in [0.15, 0.2) is 22.7 Å². The van der Waals surface area contributed by atoms with Crippen LogP contribution in [0.25, 0.3) is 0 Å². The molecule has 0 aromatic heterocycles. The second kappa shape index (κ2) is 5.06. The first kappa shape index (κ1) is 13.0. The number of rotatable bonds is 4. The molecule has 1 amide bonds. The van der Waals surface area contributed by atoms with E-state index in [4.69, 9.17) is 5.11 Å². The SMILES string of the molecule is O=C(O)[C@H]1C[C@@H]1C(=O)NCc1ccc(Br)c(F)c1. The van der Waals surface area contributed by atoms with Gasteiger partial charge in [-0.15, -0.1) is 0 Å². The highest BCUT2D eigenvalue weighted by atomic mass is 79.9. The summed E-state index contributed by atoms with van der Waals surface area (Å²) in [5.41, 5.74) is 0.636. The second-order valence-corrected chi connectivity index (χ2v) is 5.11. The lowest BCUT2D eigenvalue weighted by Crippen LogP contribution is -2.25. The second-order valence-electron chi connectivity index (χ2n) is 4.25. The number of benzene rings is 1. The minimum absolute atomic E-state index is 0.200. The first-order valence-electron chi connectivity index (χ1n) is 5.43. The Kier molecular flexibility index (Phi) is 3.65. The van der Waals surface area contributed by atoms with E-state index in [1.807, 2.05) is 0 Å². The number of amides is 1. The van der Waals surface area contributed by atoms with E-state index in [-0.39, 0.29) is 12.5 Å². The van der Waals surface area contributed by atoms with Gasteiger partial charge in [0, 0.05) is 6.54 Å². The lowest BCUT2D eigenvalue weighted by Gasteiger charge is -2.05. The van der Waals surface area contributed by atoms with Gasteiger partial charge in [-0.3, -0.25) is 9.59 Å². The summed E-state index contributed by atoms with van der Waals surface area (Å²) in [6.07, 6.45) is 0.385. The van der Waals surface area contributed by atoms with Crippen molar-refractivity contribution in [2.24, 2.45) is 11.8 Å². The Labute approximate surface area is 111 Å². The highest BCUT2D eigenvalue weighted by Gasteiger charge is 2.48. The lowest BCUT2D eigenvalue weighted by molar-refractivity contribution is -0.140. The first-order chi connectivity index (χ1) is 8.49. The average molecular weight is 316 g/mol. The zero-order valence-corrected chi connectivity index (χ0v) is 10.9. The molecule has 2 rings (SSSR count). The van der Waals surface area contributed by atoms with E-state index < -0.39 is 23.6 Å². The van der Waals surface area contributed by atoms with Gasteiger partial charge in [0.05, 0.1) is 16.3 Å². The molecule has 1 aromatic rings. The molecule has 0 aliphatic heterocycles. The smallest absolute Gasteiger partial charge is 0.307 e. The molecule has 6 heteroatoms. The monoisotopic (exact) mass is 315 g/mol. The Bertz CT molecular complexity index is 506. The van der Waals surface area contributed by atoms with Crippen LogP contribution in [0.5, 0.6) is 0 Å². The van der Waals surface area contributed by atoms with Crippen LogP contribution >= 0.6 is 15.9 Å². The van der Waals surface area contributed by atoms with E-state index >= 15 is 0 Å². The van der Waals surface area contributed by atoms with Crippen LogP contribution in [0.2, 0.25) is 0 Å². The number of hydrogen-bond acceptors (Lipinski definition) is 2. The van der Waals surface area contributed by atoms with Crippen LogP contribution in [0.3, 0.4) is 0 Å². The van der Waals surface area contributed by atoms with E-state index in [9.17, 15) is 14.0 Å². The maximum atomic E-state index is 13.2. The van der Waals surface area contributed by atoms with Gasteiger partial charge in [0.1, 0.15) is 5.82 Å². The van der Waals surface area contributed by atoms with Gasteiger partial charge in [-0.25, -0.2) is 4.39 Å². The van der Waals surface area contributed by atoms with Crippen molar-refractivity contribution >= 4 is 27.8 Å². The van der Waals surface area contributed by atoms with Gasteiger partial charge in [0.25, 0.3) is 0 Å². The standard InChI is InChI=1S/C12H11BrFNO3/c13-9-2-1-6(3-10(9)14)5-15-11(16)7-4-8(7)12(17)18/h1-3,7-8H,4-5H2,(H,15,16)(H,17,18)/t7-,8-/m0/s1. The number of aliphatic carboxylic acids is 1. The summed E-state index contributed by atoms with van der Waals surface area (Å²) < 4.78 is 13.6. The molecule has 0 unspecified atom stereocenters.